The second-order valence-electron chi connectivity index (χ2n) is 7.88. The van der Waals surface area contributed by atoms with Gasteiger partial charge in [-0.15, -0.1) is 0 Å². The first-order chi connectivity index (χ1) is 10.9. The van der Waals surface area contributed by atoms with Crippen molar-refractivity contribution in [3.8, 4) is 0 Å². The second kappa shape index (κ2) is 5.15. The van der Waals surface area contributed by atoms with Crippen molar-refractivity contribution in [1.82, 2.24) is 0 Å². The molecule has 1 spiro atoms. The highest BCUT2D eigenvalue weighted by Gasteiger charge is 2.69. The molecule has 1 aliphatic carbocycles. The molecule has 130 valence electrons. The van der Waals surface area contributed by atoms with E-state index in [1.54, 1.807) is 0 Å². The van der Waals surface area contributed by atoms with E-state index in [9.17, 15) is 4.79 Å². The van der Waals surface area contributed by atoms with Crippen LogP contribution in [-0.2, 0) is 28.8 Å². The molecule has 6 nitrogen and oxygen atoms in total. The number of fused-ring (bicyclic) bond motifs is 2. The minimum Gasteiger partial charge on any atom is -0.436 e. The molecule has 0 aromatic rings. The maximum Gasteiger partial charge on any atom is 0.304 e. The highest BCUT2D eigenvalue weighted by molar-refractivity contribution is 5.66. The van der Waals surface area contributed by atoms with Crippen molar-refractivity contribution in [3.63, 3.8) is 0 Å². The Hall–Kier alpha value is -0.690. The Morgan fingerprint density at radius 2 is 1.91 bits per heavy atom. The van der Waals surface area contributed by atoms with Crippen LogP contribution < -0.4 is 0 Å². The van der Waals surface area contributed by atoms with E-state index in [-0.39, 0.29) is 17.8 Å². The van der Waals surface area contributed by atoms with E-state index in [4.69, 9.17) is 24.0 Å². The Morgan fingerprint density at radius 3 is 2.65 bits per heavy atom. The SMILES string of the molecule is CC(=O)OC1O[C@@H]2O[C@@]3(C)CC[C@H]4[C@H](C)CCC([C@H]1C)[C@@]24OO3. The summed E-state index contributed by atoms with van der Waals surface area (Å²) in [5.74, 6) is -0.0347. The van der Waals surface area contributed by atoms with E-state index in [1.165, 1.54) is 6.92 Å². The first-order valence-electron chi connectivity index (χ1n) is 8.73. The lowest BCUT2D eigenvalue weighted by molar-refractivity contribution is -0.576. The van der Waals surface area contributed by atoms with Gasteiger partial charge in [0.05, 0.1) is 0 Å². The zero-order chi connectivity index (χ0) is 16.4. The summed E-state index contributed by atoms with van der Waals surface area (Å²) in [6.07, 6.45) is 2.78. The number of carbonyl (C=O) groups is 1. The van der Waals surface area contributed by atoms with Crippen molar-refractivity contribution in [2.75, 3.05) is 0 Å². The average molecular weight is 326 g/mol. The van der Waals surface area contributed by atoms with Crippen molar-refractivity contribution in [2.45, 2.75) is 77.3 Å². The maximum atomic E-state index is 11.4. The molecule has 4 aliphatic heterocycles. The zero-order valence-corrected chi connectivity index (χ0v) is 14.2. The van der Waals surface area contributed by atoms with E-state index in [0.717, 1.165) is 25.7 Å². The summed E-state index contributed by atoms with van der Waals surface area (Å²) in [7, 11) is 0. The standard InChI is InChI=1S/C17H26O6/c1-9-5-6-13-10(2)14(19-11(3)18)20-15-17(13)12(9)7-8-16(4,21-15)22-23-17/h9-10,12-15H,5-8H2,1-4H3/t9-,10-,12+,13?,14?,15-,16-,17-/m1/s1. The molecule has 23 heavy (non-hydrogen) atoms. The fourth-order valence-electron chi connectivity index (χ4n) is 5.17. The molecule has 5 rings (SSSR count). The Bertz CT molecular complexity index is 509. The Kier molecular flexibility index (Phi) is 3.54. The molecule has 0 N–H and O–H groups in total. The Balaban J connectivity index is 1.74. The minimum absolute atomic E-state index is 0.0415. The van der Waals surface area contributed by atoms with E-state index < -0.39 is 24.0 Å². The summed E-state index contributed by atoms with van der Waals surface area (Å²) in [5.41, 5.74) is -0.594. The van der Waals surface area contributed by atoms with Crippen LogP contribution in [0, 0.1) is 23.7 Å². The third-order valence-electron chi connectivity index (χ3n) is 6.38. The van der Waals surface area contributed by atoms with Crippen LogP contribution in [0.3, 0.4) is 0 Å². The largest absolute Gasteiger partial charge is 0.436 e. The van der Waals surface area contributed by atoms with Crippen LogP contribution in [0.2, 0.25) is 0 Å². The van der Waals surface area contributed by atoms with Crippen LogP contribution in [-0.4, -0.2) is 29.9 Å². The van der Waals surface area contributed by atoms with E-state index in [1.807, 2.05) is 6.92 Å². The smallest absolute Gasteiger partial charge is 0.304 e. The quantitative estimate of drug-likeness (QED) is 0.545. The third kappa shape index (κ3) is 2.18. The summed E-state index contributed by atoms with van der Waals surface area (Å²) in [4.78, 5) is 23.2. The van der Waals surface area contributed by atoms with Gasteiger partial charge in [-0.1, -0.05) is 13.8 Å². The highest BCUT2D eigenvalue weighted by Crippen LogP contribution is 2.60. The van der Waals surface area contributed by atoms with Crippen LogP contribution in [0.25, 0.3) is 0 Å². The van der Waals surface area contributed by atoms with Gasteiger partial charge < -0.3 is 14.2 Å². The summed E-state index contributed by atoms with van der Waals surface area (Å²) < 4.78 is 17.7. The van der Waals surface area contributed by atoms with Crippen LogP contribution in [0.5, 0.6) is 0 Å². The topological polar surface area (TPSA) is 63.2 Å². The molecule has 0 radical (unpaired) electrons. The van der Waals surface area contributed by atoms with Gasteiger partial charge in [0.2, 0.25) is 12.1 Å². The van der Waals surface area contributed by atoms with Crippen molar-refractivity contribution >= 4 is 5.97 Å². The Morgan fingerprint density at radius 1 is 1.13 bits per heavy atom. The molecular weight excluding hydrogens is 300 g/mol. The first-order valence-corrected chi connectivity index (χ1v) is 8.73. The number of esters is 1. The van der Waals surface area contributed by atoms with Gasteiger partial charge in [0.15, 0.2) is 11.9 Å². The molecular formula is C17H26O6. The molecule has 4 saturated heterocycles. The van der Waals surface area contributed by atoms with Gasteiger partial charge in [-0.25, -0.2) is 9.78 Å². The van der Waals surface area contributed by atoms with Crippen molar-refractivity contribution < 1.29 is 28.8 Å². The minimum atomic E-state index is -0.793. The van der Waals surface area contributed by atoms with Gasteiger partial charge >= 0.3 is 5.97 Å². The molecule has 6 heteroatoms. The maximum absolute atomic E-state index is 11.4. The second-order valence-corrected chi connectivity index (χ2v) is 7.88. The normalized spacial score (nSPS) is 55.0. The number of rotatable bonds is 1. The fraction of sp³-hybridized carbons (Fsp3) is 0.941. The van der Waals surface area contributed by atoms with Crippen LogP contribution >= 0.6 is 0 Å². The van der Waals surface area contributed by atoms with Gasteiger partial charge in [0, 0.05) is 25.2 Å². The molecule has 2 bridgehead atoms. The number of hydrogen-bond acceptors (Lipinski definition) is 6. The Labute approximate surface area is 136 Å². The number of carbonyl (C=O) groups excluding carboxylic acids is 1. The van der Waals surface area contributed by atoms with Gasteiger partial charge in [-0.2, -0.15) is 0 Å². The van der Waals surface area contributed by atoms with Crippen LogP contribution in [0.4, 0.5) is 0 Å². The molecule has 0 aromatic heterocycles. The molecule has 5 aliphatic rings. The highest BCUT2D eigenvalue weighted by atomic mass is 17.3. The summed E-state index contributed by atoms with van der Waals surface area (Å²) >= 11 is 0. The van der Waals surface area contributed by atoms with Gasteiger partial charge in [0.1, 0.15) is 0 Å². The first kappa shape index (κ1) is 15.8. The molecule has 8 atom stereocenters. The van der Waals surface area contributed by atoms with Crippen molar-refractivity contribution in [1.29, 1.82) is 0 Å². The van der Waals surface area contributed by atoms with Gasteiger partial charge in [-0.3, -0.25) is 4.79 Å². The molecule has 5 fully saturated rings. The lowest BCUT2D eigenvalue weighted by Crippen LogP contribution is -2.70. The van der Waals surface area contributed by atoms with E-state index in [0.29, 0.717) is 11.8 Å². The molecule has 4 heterocycles. The summed E-state index contributed by atoms with van der Waals surface area (Å²) in [6.45, 7) is 7.64. The summed E-state index contributed by atoms with van der Waals surface area (Å²) in [5, 5.41) is 0. The fourth-order valence-corrected chi connectivity index (χ4v) is 5.17. The third-order valence-corrected chi connectivity index (χ3v) is 6.38. The lowest BCUT2D eigenvalue weighted by Gasteiger charge is -2.59. The predicted molar refractivity (Wildman–Crippen MR) is 78.6 cm³/mol. The van der Waals surface area contributed by atoms with Crippen molar-refractivity contribution in [2.24, 2.45) is 23.7 Å². The van der Waals surface area contributed by atoms with Gasteiger partial charge in [-0.05, 0) is 38.0 Å². The monoisotopic (exact) mass is 326 g/mol. The van der Waals surface area contributed by atoms with E-state index >= 15 is 0 Å². The predicted octanol–water partition coefficient (Wildman–Crippen LogP) is 2.76. The van der Waals surface area contributed by atoms with E-state index in [2.05, 4.69) is 13.8 Å². The molecule has 1 saturated carbocycles. The zero-order valence-electron chi connectivity index (χ0n) is 14.2. The van der Waals surface area contributed by atoms with Crippen LogP contribution in [0.1, 0.15) is 53.4 Å². The number of ether oxygens (including phenoxy) is 3. The molecule has 2 unspecified atom stereocenters. The van der Waals surface area contributed by atoms with Gasteiger partial charge in [0.25, 0.3) is 0 Å². The average Bonchev–Trinajstić information content (AvgIpc) is 2.70. The molecule has 0 aromatic carbocycles. The number of hydrogen-bond donors (Lipinski definition) is 0. The molecule has 0 amide bonds. The van der Waals surface area contributed by atoms with Crippen molar-refractivity contribution in [3.05, 3.63) is 0 Å². The lowest BCUT2D eigenvalue weighted by atomic mass is 9.58. The van der Waals surface area contributed by atoms with Crippen LogP contribution in [0.15, 0.2) is 0 Å². The summed E-state index contributed by atoms with van der Waals surface area (Å²) in [6, 6.07) is 0.